The number of rotatable bonds is 6. The monoisotopic (exact) mass is 316 g/mol. The zero-order chi connectivity index (χ0) is 14.6. The van der Waals surface area contributed by atoms with Crippen LogP contribution in [0.5, 0.6) is 0 Å². The van der Waals surface area contributed by atoms with Crippen molar-refractivity contribution in [2.45, 2.75) is 43.2 Å². The number of thiophene rings is 1. The van der Waals surface area contributed by atoms with Crippen LogP contribution in [-0.4, -0.2) is 32.4 Å². The number of nitrogens with two attached hydrogens (primary N) is 1. The van der Waals surface area contributed by atoms with Gasteiger partial charge >= 0.3 is 0 Å². The number of hydrogen-bond donors (Lipinski definition) is 1. The number of piperidine rings is 1. The number of hydrogen-bond acceptors (Lipinski definition) is 4. The molecule has 2 heterocycles. The summed E-state index contributed by atoms with van der Waals surface area (Å²) in [5.74, 6) is 0.697. The van der Waals surface area contributed by atoms with Crippen LogP contribution in [0.2, 0.25) is 0 Å². The molecular weight excluding hydrogens is 292 g/mol. The van der Waals surface area contributed by atoms with E-state index in [2.05, 4.69) is 6.92 Å². The Hall–Kier alpha value is -0.430. The standard InChI is InChI=1S/C14H24N2O2S2/c1-2-3-12-7-10-16(11-8-12)20(17,18)14-5-4-13(19-14)6-9-15/h4-5,12H,2-3,6-11,15H2,1H3. The van der Waals surface area contributed by atoms with E-state index in [0.29, 0.717) is 29.8 Å². The SMILES string of the molecule is CCCC1CCN(S(=O)(=O)c2ccc(CCN)s2)CC1. The third-order valence-electron chi connectivity index (χ3n) is 3.89. The first-order valence-electron chi connectivity index (χ1n) is 7.37. The summed E-state index contributed by atoms with van der Waals surface area (Å²) in [5, 5.41) is 0. The van der Waals surface area contributed by atoms with Crippen molar-refractivity contribution in [2.24, 2.45) is 11.7 Å². The Morgan fingerprint density at radius 3 is 2.65 bits per heavy atom. The molecule has 1 aromatic rings. The molecule has 0 saturated carbocycles. The Balaban J connectivity index is 2.03. The summed E-state index contributed by atoms with van der Waals surface area (Å²) in [5.41, 5.74) is 5.51. The minimum atomic E-state index is -3.29. The zero-order valence-corrected chi connectivity index (χ0v) is 13.7. The minimum Gasteiger partial charge on any atom is -0.330 e. The molecule has 1 saturated heterocycles. The van der Waals surface area contributed by atoms with E-state index in [1.165, 1.54) is 24.2 Å². The van der Waals surface area contributed by atoms with Crippen LogP contribution in [0.4, 0.5) is 0 Å². The Kier molecular flexibility index (Phi) is 5.60. The van der Waals surface area contributed by atoms with Gasteiger partial charge in [0.05, 0.1) is 0 Å². The van der Waals surface area contributed by atoms with Gasteiger partial charge in [-0.05, 0) is 43.9 Å². The van der Waals surface area contributed by atoms with Crippen LogP contribution >= 0.6 is 11.3 Å². The van der Waals surface area contributed by atoms with Crippen molar-refractivity contribution in [3.05, 3.63) is 17.0 Å². The molecule has 1 aromatic heterocycles. The lowest BCUT2D eigenvalue weighted by Gasteiger charge is -2.30. The Labute approximate surface area is 126 Å². The molecule has 2 N–H and O–H groups in total. The first-order chi connectivity index (χ1) is 9.57. The van der Waals surface area contributed by atoms with E-state index in [1.807, 2.05) is 6.07 Å². The van der Waals surface area contributed by atoms with Gasteiger partial charge in [-0.1, -0.05) is 19.8 Å². The molecule has 0 radical (unpaired) electrons. The molecule has 0 spiro atoms. The molecule has 0 aliphatic carbocycles. The van der Waals surface area contributed by atoms with Gasteiger partial charge in [-0.2, -0.15) is 4.31 Å². The molecule has 20 heavy (non-hydrogen) atoms. The summed E-state index contributed by atoms with van der Waals surface area (Å²) in [6.07, 6.45) is 5.14. The third-order valence-corrected chi connectivity index (χ3v) is 7.40. The third kappa shape index (κ3) is 3.61. The van der Waals surface area contributed by atoms with Crippen molar-refractivity contribution < 1.29 is 8.42 Å². The summed E-state index contributed by atoms with van der Waals surface area (Å²) in [6, 6.07) is 3.61. The molecule has 1 aliphatic rings. The van der Waals surface area contributed by atoms with Crippen LogP contribution in [0.25, 0.3) is 0 Å². The van der Waals surface area contributed by atoms with E-state index in [-0.39, 0.29) is 0 Å². The first kappa shape index (κ1) is 15.9. The maximum absolute atomic E-state index is 12.6. The predicted molar refractivity (Wildman–Crippen MR) is 83.5 cm³/mol. The highest BCUT2D eigenvalue weighted by Crippen LogP contribution is 2.29. The molecule has 0 bridgehead atoms. The van der Waals surface area contributed by atoms with Crippen molar-refractivity contribution in [1.29, 1.82) is 0 Å². The van der Waals surface area contributed by atoms with Gasteiger partial charge in [-0.3, -0.25) is 0 Å². The molecule has 6 heteroatoms. The predicted octanol–water partition coefficient (Wildman–Crippen LogP) is 2.45. The Bertz CT molecular complexity index is 517. The highest BCUT2D eigenvalue weighted by atomic mass is 32.2. The molecule has 0 atom stereocenters. The van der Waals surface area contributed by atoms with Gasteiger partial charge in [-0.25, -0.2) is 8.42 Å². The normalized spacial score (nSPS) is 18.5. The Morgan fingerprint density at radius 2 is 2.05 bits per heavy atom. The van der Waals surface area contributed by atoms with Crippen LogP contribution in [0, 0.1) is 5.92 Å². The van der Waals surface area contributed by atoms with E-state index in [9.17, 15) is 8.42 Å². The largest absolute Gasteiger partial charge is 0.330 e. The summed E-state index contributed by atoms with van der Waals surface area (Å²) in [6.45, 7) is 4.07. The second-order valence-electron chi connectivity index (χ2n) is 5.40. The van der Waals surface area contributed by atoms with Gasteiger partial charge in [0.25, 0.3) is 10.0 Å². The van der Waals surface area contributed by atoms with E-state index >= 15 is 0 Å². The summed E-state index contributed by atoms with van der Waals surface area (Å²) in [7, 11) is -3.29. The van der Waals surface area contributed by atoms with Gasteiger partial charge in [0.1, 0.15) is 4.21 Å². The molecule has 1 aliphatic heterocycles. The molecule has 0 unspecified atom stereocenters. The van der Waals surface area contributed by atoms with Gasteiger partial charge in [-0.15, -0.1) is 11.3 Å². The second kappa shape index (κ2) is 7.02. The maximum Gasteiger partial charge on any atom is 0.252 e. The second-order valence-corrected chi connectivity index (χ2v) is 8.73. The molecule has 0 amide bonds. The van der Waals surface area contributed by atoms with Crippen LogP contribution in [0.15, 0.2) is 16.3 Å². The lowest BCUT2D eigenvalue weighted by Crippen LogP contribution is -2.38. The number of nitrogens with zero attached hydrogens (tertiary/aromatic N) is 1. The van der Waals surface area contributed by atoms with Crippen LogP contribution in [0.3, 0.4) is 0 Å². The van der Waals surface area contributed by atoms with E-state index in [0.717, 1.165) is 24.1 Å². The van der Waals surface area contributed by atoms with Crippen LogP contribution in [-0.2, 0) is 16.4 Å². The highest BCUT2D eigenvalue weighted by Gasteiger charge is 2.30. The average molecular weight is 316 g/mol. The first-order valence-corrected chi connectivity index (χ1v) is 9.62. The maximum atomic E-state index is 12.6. The van der Waals surface area contributed by atoms with Crippen LogP contribution in [0.1, 0.15) is 37.5 Å². The molecule has 0 aromatic carbocycles. The smallest absolute Gasteiger partial charge is 0.252 e. The molecule has 2 rings (SSSR count). The van der Waals surface area contributed by atoms with Crippen molar-refractivity contribution in [3.8, 4) is 0 Å². The van der Waals surface area contributed by atoms with Crippen LogP contribution < -0.4 is 5.73 Å². The Morgan fingerprint density at radius 1 is 1.35 bits per heavy atom. The topological polar surface area (TPSA) is 63.4 Å². The summed E-state index contributed by atoms with van der Waals surface area (Å²) in [4.78, 5) is 1.05. The van der Waals surface area contributed by atoms with Gasteiger partial charge in [0, 0.05) is 18.0 Å². The van der Waals surface area contributed by atoms with Crippen molar-refractivity contribution in [3.63, 3.8) is 0 Å². The van der Waals surface area contributed by atoms with Gasteiger partial charge in [0.2, 0.25) is 0 Å². The van der Waals surface area contributed by atoms with Gasteiger partial charge < -0.3 is 5.73 Å². The van der Waals surface area contributed by atoms with Crippen molar-refractivity contribution in [1.82, 2.24) is 4.31 Å². The van der Waals surface area contributed by atoms with E-state index in [4.69, 9.17) is 5.73 Å². The van der Waals surface area contributed by atoms with Gasteiger partial charge in [0.15, 0.2) is 0 Å². The van der Waals surface area contributed by atoms with Crippen molar-refractivity contribution >= 4 is 21.4 Å². The molecule has 114 valence electrons. The summed E-state index contributed by atoms with van der Waals surface area (Å²) < 4.78 is 27.3. The fraction of sp³-hybridized carbons (Fsp3) is 0.714. The fourth-order valence-electron chi connectivity index (χ4n) is 2.75. The molecular formula is C14H24N2O2S2. The lowest BCUT2D eigenvalue weighted by molar-refractivity contribution is 0.263. The molecule has 1 fully saturated rings. The highest BCUT2D eigenvalue weighted by molar-refractivity contribution is 7.91. The average Bonchev–Trinajstić information content (AvgIpc) is 2.90. The van der Waals surface area contributed by atoms with E-state index < -0.39 is 10.0 Å². The zero-order valence-electron chi connectivity index (χ0n) is 12.0. The van der Waals surface area contributed by atoms with Crippen molar-refractivity contribution in [2.75, 3.05) is 19.6 Å². The minimum absolute atomic E-state index is 0.467. The number of sulfonamides is 1. The molecule has 4 nitrogen and oxygen atoms in total. The van der Waals surface area contributed by atoms with E-state index in [1.54, 1.807) is 10.4 Å². The quantitative estimate of drug-likeness (QED) is 0.877. The lowest BCUT2D eigenvalue weighted by atomic mass is 9.94. The fourth-order valence-corrected chi connectivity index (χ4v) is 5.74. The summed E-state index contributed by atoms with van der Waals surface area (Å²) >= 11 is 1.36.